The molecular weight excluding hydrogens is 821 g/mol. The third-order valence-electron chi connectivity index (χ3n) is 12.1. The van der Waals surface area contributed by atoms with Gasteiger partial charge in [0.15, 0.2) is 0 Å². The molecule has 0 unspecified atom stereocenters. The van der Waals surface area contributed by atoms with Gasteiger partial charge in [0.2, 0.25) is 0 Å². The van der Waals surface area contributed by atoms with Crippen molar-refractivity contribution in [2.75, 3.05) is 5.43 Å². The summed E-state index contributed by atoms with van der Waals surface area (Å²) in [6, 6.07) is 22.3. The molecule has 7 heteroatoms. The first-order valence-electron chi connectivity index (χ1n) is 23.3. The van der Waals surface area contributed by atoms with Gasteiger partial charge in [0.1, 0.15) is 13.8 Å². The maximum absolute atomic E-state index is 5.47. The van der Waals surface area contributed by atoms with Crippen LogP contribution >= 0.6 is 0 Å². The summed E-state index contributed by atoms with van der Waals surface area (Å²) in [7, 11) is -1.52. The molecule has 0 saturated carbocycles. The fourth-order valence-electron chi connectivity index (χ4n) is 8.05. The molecule has 8 rings (SSSR count). The molecule has 0 radical (unpaired) electrons. The highest BCUT2D eigenvalue weighted by Gasteiger charge is 2.29. The lowest BCUT2D eigenvalue weighted by molar-refractivity contribution is 0.567. The van der Waals surface area contributed by atoms with Gasteiger partial charge >= 0.3 is 0 Å². The van der Waals surface area contributed by atoms with Gasteiger partial charge in [-0.2, -0.15) is 0 Å². The van der Waals surface area contributed by atoms with Crippen LogP contribution in [0.5, 0.6) is 0 Å². The molecule has 5 heterocycles. The number of rotatable bonds is 5. The van der Waals surface area contributed by atoms with Gasteiger partial charge in [-0.05, 0) is 134 Å². The van der Waals surface area contributed by atoms with Crippen molar-refractivity contribution in [3.63, 3.8) is 0 Å². The number of anilines is 1. The summed E-state index contributed by atoms with van der Waals surface area (Å²) in [5, 5.41) is 0. The Balaban J connectivity index is 1.35. The van der Waals surface area contributed by atoms with Crippen LogP contribution in [0.4, 0.5) is 5.69 Å². The van der Waals surface area contributed by atoms with Crippen molar-refractivity contribution < 1.29 is 0 Å². The highest BCUT2D eigenvalue weighted by atomic mass is 28.3. The zero-order valence-corrected chi connectivity index (χ0v) is 42.8. The van der Waals surface area contributed by atoms with E-state index in [4.69, 9.17) is 20.0 Å². The van der Waals surface area contributed by atoms with Gasteiger partial charge < -0.3 is 5.43 Å². The first kappa shape index (κ1) is 46.2. The molecule has 0 fully saturated rings. The highest BCUT2D eigenvalue weighted by molar-refractivity contribution is 6.83. The Morgan fingerprint density at radius 2 is 0.909 bits per heavy atom. The van der Waals surface area contributed by atoms with Crippen LogP contribution in [0.25, 0.3) is 11.1 Å². The van der Waals surface area contributed by atoms with Crippen LogP contribution < -0.4 is 10.9 Å². The van der Waals surface area contributed by atoms with Crippen LogP contribution in [0.2, 0.25) is 19.6 Å². The molecule has 5 aliphatic heterocycles. The van der Waals surface area contributed by atoms with Gasteiger partial charge in [-0.15, -0.1) is 5.54 Å². The van der Waals surface area contributed by atoms with E-state index in [1.54, 1.807) is 0 Å². The monoisotopic (exact) mass is 887 g/mol. The van der Waals surface area contributed by atoms with E-state index in [1.807, 2.05) is 0 Å². The summed E-state index contributed by atoms with van der Waals surface area (Å²) in [5.41, 5.74) is 28.7. The maximum Gasteiger partial charge on any atom is 0.129 e. The molecule has 0 aliphatic carbocycles. The predicted octanol–water partition coefficient (Wildman–Crippen LogP) is 14.0. The highest BCUT2D eigenvalue weighted by Crippen LogP contribution is 2.39. The van der Waals surface area contributed by atoms with Crippen molar-refractivity contribution in [1.82, 2.24) is 5.43 Å². The van der Waals surface area contributed by atoms with Gasteiger partial charge in [0, 0.05) is 16.7 Å². The first-order chi connectivity index (χ1) is 30.8. The van der Waals surface area contributed by atoms with Crippen molar-refractivity contribution in [3.8, 4) is 11.5 Å². The molecule has 2 N–H and O–H groups in total. The molecule has 5 aliphatic rings. The summed E-state index contributed by atoms with van der Waals surface area (Å²) in [4.78, 5) is 21.6. The van der Waals surface area contributed by atoms with E-state index < -0.39 is 8.07 Å². The Labute approximate surface area is 395 Å². The Bertz CT molecular complexity index is 2850. The van der Waals surface area contributed by atoms with Crippen LogP contribution in [-0.4, -0.2) is 30.9 Å². The third-order valence-corrected chi connectivity index (χ3v) is 13.0. The van der Waals surface area contributed by atoms with Gasteiger partial charge in [-0.3, -0.25) is 5.43 Å². The number of benzene rings is 3. The van der Waals surface area contributed by atoms with E-state index in [9.17, 15) is 0 Å². The van der Waals surface area contributed by atoms with Crippen molar-refractivity contribution in [2.24, 2.45) is 20.0 Å². The second-order valence-electron chi connectivity index (χ2n) is 23.1. The number of hydrazine groups is 1. The summed E-state index contributed by atoms with van der Waals surface area (Å²) in [6.45, 7) is 34.1. The largest absolute Gasteiger partial charge is 0.301 e. The molecule has 0 atom stereocenters. The van der Waals surface area contributed by atoms with E-state index in [0.29, 0.717) is 0 Å². The van der Waals surface area contributed by atoms with Gasteiger partial charge in [-0.1, -0.05) is 145 Å². The van der Waals surface area contributed by atoms with Crippen molar-refractivity contribution in [3.05, 3.63) is 183 Å². The average Bonchev–Trinajstić information content (AvgIpc) is 4.06. The normalized spacial score (nSPS) is 17.2. The van der Waals surface area contributed by atoms with E-state index in [1.165, 1.54) is 22.3 Å². The Kier molecular flexibility index (Phi) is 11.8. The summed E-state index contributed by atoms with van der Waals surface area (Å²) in [5.74, 6) is 3.38. The summed E-state index contributed by atoms with van der Waals surface area (Å²) < 4.78 is 0. The number of hydrogen-bond donors (Lipinski definition) is 2. The van der Waals surface area contributed by atoms with Crippen molar-refractivity contribution in [2.45, 2.75) is 124 Å². The SMILES string of the molecule is CC(C)(C)c1cc(C2=C3C=CC(=N3)C=C3C=CC(=N3)C(c3cc(C(C)(C)C)cc(C(C)(C)C)c3)=C3C=CC(=N3)C(NNc3ccc(C#C[Si](C)(C)C)cc3)=C3C=CC2=N3)cc(C(C)(C)C)c1. The Hall–Kier alpha value is -6.36. The van der Waals surface area contributed by atoms with E-state index >= 15 is 0 Å². The molecule has 0 aromatic heterocycles. The van der Waals surface area contributed by atoms with Crippen molar-refractivity contribution in [1.29, 1.82) is 0 Å². The number of aliphatic imine (C=N–C) groups is 4. The molecule has 0 spiro atoms. The van der Waals surface area contributed by atoms with Gasteiger partial charge in [0.25, 0.3) is 0 Å². The number of nitrogens with one attached hydrogen (secondary N) is 2. The Morgan fingerprint density at radius 1 is 0.455 bits per heavy atom. The minimum absolute atomic E-state index is 0.0753. The average molecular weight is 887 g/mol. The lowest BCUT2D eigenvalue weighted by atomic mass is 9.78. The number of hydrogen-bond acceptors (Lipinski definition) is 6. The third kappa shape index (κ3) is 10.2. The maximum atomic E-state index is 5.47. The lowest BCUT2D eigenvalue weighted by Crippen LogP contribution is -2.26. The van der Waals surface area contributed by atoms with Crippen LogP contribution in [0, 0.1) is 11.5 Å². The molecule has 6 nitrogen and oxygen atoms in total. The topological polar surface area (TPSA) is 73.5 Å². The molecule has 336 valence electrons. The van der Waals surface area contributed by atoms with Crippen LogP contribution in [0.1, 0.15) is 122 Å². The van der Waals surface area contributed by atoms with Gasteiger partial charge in [-0.25, -0.2) is 20.0 Å². The smallest absolute Gasteiger partial charge is 0.129 e. The first-order valence-corrected chi connectivity index (χ1v) is 26.8. The summed E-state index contributed by atoms with van der Waals surface area (Å²) in [6.07, 6.45) is 18.9. The predicted molar refractivity (Wildman–Crippen MR) is 286 cm³/mol. The number of nitrogens with zero attached hydrogens (tertiary/aromatic N) is 4. The molecule has 3 aromatic rings. The zero-order valence-electron chi connectivity index (χ0n) is 41.8. The second-order valence-corrected chi connectivity index (χ2v) is 27.9. The molecule has 0 saturated heterocycles. The minimum atomic E-state index is -1.52. The molecule has 66 heavy (non-hydrogen) atoms. The zero-order chi connectivity index (χ0) is 47.6. The Morgan fingerprint density at radius 3 is 1.44 bits per heavy atom. The standard InChI is InChI=1S/C59H66N6Si/c1-56(2,3)40-30-38(31-41(34-40)57(4,5)6)53-47-22-20-45(60-47)36-46-21-23-48(61-46)54(39-32-42(58(7,8)9)35-43(33-39)59(10,11)12)50-25-27-52(63-50)55(51-26-24-49(53)62-51)65-64-44-18-16-37(17-19-44)28-29-66(13,14)15/h16-27,30-36,64-65H,1-15H3. The van der Waals surface area contributed by atoms with Crippen LogP contribution in [0.3, 0.4) is 0 Å². The molecule has 3 aromatic carbocycles. The van der Waals surface area contributed by atoms with Gasteiger partial charge in [0.05, 0.1) is 51.3 Å². The fourth-order valence-corrected chi connectivity index (χ4v) is 8.57. The lowest BCUT2D eigenvalue weighted by Gasteiger charge is -2.27. The quantitative estimate of drug-likeness (QED) is 0.152. The second kappa shape index (κ2) is 16.8. The van der Waals surface area contributed by atoms with Crippen LogP contribution in [0.15, 0.2) is 164 Å². The molecule has 8 bridgehead atoms. The molecular formula is C59H66N6Si. The van der Waals surface area contributed by atoms with E-state index in [2.05, 4.69) is 240 Å². The van der Waals surface area contributed by atoms with E-state index in [-0.39, 0.29) is 21.7 Å². The number of allylic oxidation sites excluding steroid dienone is 11. The van der Waals surface area contributed by atoms with Crippen LogP contribution in [-0.2, 0) is 21.7 Å². The number of fused-ring (bicyclic) bond motifs is 4. The molecule has 0 amide bonds. The summed E-state index contributed by atoms with van der Waals surface area (Å²) >= 11 is 0. The fraction of sp³-hybridized carbons (Fsp3) is 0.322. The van der Waals surface area contributed by atoms with Crippen molar-refractivity contribution >= 4 is 47.8 Å². The minimum Gasteiger partial charge on any atom is -0.301 e. The van der Waals surface area contributed by atoms with E-state index in [0.717, 1.165) is 84.9 Å².